The van der Waals surface area contributed by atoms with Crippen LogP contribution >= 0.6 is 0 Å². The van der Waals surface area contributed by atoms with Gasteiger partial charge in [0.25, 0.3) is 0 Å². The van der Waals surface area contributed by atoms with Gasteiger partial charge in [0.05, 0.1) is 18.0 Å². The van der Waals surface area contributed by atoms with Gasteiger partial charge in [-0.05, 0) is 37.5 Å². The van der Waals surface area contributed by atoms with Crippen LogP contribution in [0, 0.1) is 10.8 Å². The van der Waals surface area contributed by atoms with E-state index in [0.717, 1.165) is 25.0 Å². The molecule has 0 aliphatic heterocycles. The highest BCUT2D eigenvalue weighted by Crippen LogP contribution is 2.31. The summed E-state index contributed by atoms with van der Waals surface area (Å²) in [5, 5.41) is 7.43. The molecule has 0 amide bonds. The fourth-order valence-corrected chi connectivity index (χ4v) is 1.76. The summed E-state index contributed by atoms with van der Waals surface area (Å²) in [4.78, 5) is 0. The quantitative estimate of drug-likeness (QED) is 0.450. The standard InChI is InChI=1S/C15H21F3N2O/c1-14(2,13(19)20)8-3-4-9-21-12-7-5-6-11(10-12)15(16,17)18/h5-7,10H,3-4,8-9H2,1-2H3,(H3,19,20). The van der Waals surface area contributed by atoms with E-state index in [0.29, 0.717) is 13.0 Å². The van der Waals surface area contributed by atoms with Gasteiger partial charge in [0, 0.05) is 5.41 Å². The van der Waals surface area contributed by atoms with Crippen LogP contribution < -0.4 is 10.5 Å². The Hall–Kier alpha value is -1.72. The summed E-state index contributed by atoms with van der Waals surface area (Å²) in [5.41, 5.74) is 4.42. The summed E-state index contributed by atoms with van der Waals surface area (Å²) < 4.78 is 42.9. The smallest absolute Gasteiger partial charge is 0.416 e. The van der Waals surface area contributed by atoms with Crippen LogP contribution in [0.25, 0.3) is 0 Å². The largest absolute Gasteiger partial charge is 0.494 e. The summed E-state index contributed by atoms with van der Waals surface area (Å²) in [6.07, 6.45) is -2.11. The number of amidine groups is 1. The van der Waals surface area contributed by atoms with Crippen molar-refractivity contribution < 1.29 is 17.9 Å². The fraction of sp³-hybridized carbons (Fsp3) is 0.533. The molecule has 0 bridgehead atoms. The Kier molecular flexibility index (Phi) is 5.63. The van der Waals surface area contributed by atoms with E-state index in [-0.39, 0.29) is 17.0 Å². The Morgan fingerprint density at radius 3 is 2.48 bits per heavy atom. The zero-order chi connectivity index (χ0) is 16.1. The third-order valence-corrected chi connectivity index (χ3v) is 3.36. The normalized spacial score (nSPS) is 12.2. The minimum atomic E-state index is -4.36. The number of nitrogens with one attached hydrogen (secondary N) is 1. The molecule has 21 heavy (non-hydrogen) atoms. The van der Waals surface area contributed by atoms with Crippen LogP contribution in [0.2, 0.25) is 0 Å². The molecule has 0 spiro atoms. The number of rotatable bonds is 7. The fourth-order valence-electron chi connectivity index (χ4n) is 1.76. The molecule has 118 valence electrons. The van der Waals surface area contributed by atoms with Crippen LogP contribution in [0.15, 0.2) is 24.3 Å². The lowest BCUT2D eigenvalue weighted by atomic mass is 9.86. The average molecular weight is 302 g/mol. The maximum absolute atomic E-state index is 12.5. The number of alkyl halides is 3. The maximum atomic E-state index is 12.5. The first-order chi connectivity index (χ1) is 9.63. The first-order valence-corrected chi connectivity index (χ1v) is 6.77. The van der Waals surface area contributed by atoms with Crippen molar-refractivity contribution in [2.75, 3.05) is 6.61 Å². The number of unbranched alkanes of at least 4 members (excludes halogenated alkanes) is 1. The van der Waals surface area contributed by atoms with Crippen LogP contribution in [0.3, 0.4) is 0 Å². The van der Waals surface area contributed by atoms with Crippen molar-refractivity contribution in [3.63, 3.8) is 0 Å². The van der Waals surface area contributed by atoms with Crippen molar-refractivity contribution >= 4 is 5.84 Å². The molecular weight excluding hydrogens is 281 g/mol. The van der Waals surface area contributed by atoms with E-state index in [1.807, 2.05) is 13.8 Å². The van der Waals surface area contributed by atoms with Gasteiger partial charge in [-0.15, -0.1) is 0 Å². The lowest BCUT2D eigenvalue weighted by Crippen LogP contribution is -2.30. The second-order valence-corrected chi connectivity index (χ2v) is 5.63. The molecule has 1 aromatic rings. The van der Waals surface area contributed by atoms with Crippen LogP contribution in [-0.2, 0) is 6.18 Å². The molecule has 0 unspecified atom stereocenters. The maximum Gasteiger partial charge on any atom is 0.416 e. The van der Waals surface area contributed by atoms with Gasteiger partial charge in [-0.3, -0.25) is 5.41 Å². The average Bonchev–Trinajstić information content (AvgIpc) is 2.37. The summed E-state index contributed by atoms with van der Waals surface area (Å²) >= 11 is 0. The second-order valence-electron chi connectivity index (χ2n) is 5.63. The Morgan fingerprint density at radius 1 is 1.24 bits per heavy atom. The number of halogens is 3. The van der Waals surface area contributed by atoms with E-state index < -0.39 is 11.7 Å². The highest BCUT2D eigenvalue weighted by atomic mass is 19.4. The number of nitrogens with two attached hydrogens (primary N) is 1. The Labute approximate surface area is 122 Å². The lowest BCUT2D eigenvalue weighted by molar-refractivity contribution is -0.137. The summed E-state index contributed by atoms with van der Waals surface area (Å²) in [6, 6.07) is 4.85. The minimum Gasteiger partial charge on any atom is -0.494 e. The van der Waals surface area contributed by atoms with Crippen molar-refractivity contribution in [2.24, 2.45) is 11.1 Å². The molecule has 0 saturated carbocycles. The van der Waals surface area contributed by atoms with Crippen molar-refractivity contribution in [1.82, 2.24) is 0 Å². The van der Waals surface area contributed by atoms with Gasteiger partial charge in [-0.1, -0.05) is 19.9 Å². The van der Waals surface area contributed by atoms with Gasteiger partial charge < -0.3 is 10.5 Å². The van der Waals surface area contributed by atoms with Gasteiger partial charge in [0.15, 0.2) is 0 Å². The zero-order valence-corrected chi connectivity index (χ0v) is 12.3. The monoisotopic (exact) mass is 302 g/mol. The molecule has 0 aliphatic carbocycles. The molecule has 1 aromatic carbocycles. The molecule has 6 heteroatoms. The van der Waals surface area contributed by atoms with E-state index in [4.69, 9.17) is 15.9 Å². The summed E-state index contributed by atoms with van der Waals surface area (Å²) in [6.45, 7) is 4.13. The molecule has 3 nitrogen and oxygen atoms in total. The molecule has 0 atom stereocenters. The number of hydrogen-bond donors (Lipinski definition) is 2. The molecule has 0 fully saturated rings. The van der Waals surface area contributed by atoms with Gasteiger partial charge in [0.1, 0.15) is 5.75 Å². The highest BCUT2D eigenvalue weighted by molar-refractivity contribution is 5.82. The molecule has 0 aromatic heterocycles. The van der Waals surface area contributed by atoms with E-state index in [9.17, 15) is 13.2 Å². The number of ether oxygens (including phenoxy) is 1. The number of benzene rings is 1. The van der Waals surface area contributed by atoms with Crippen LogP contribution in [0.4, 0.5) is 13.2 Å². The minimum absolute atomic E-state index is 0.140. The first kappa shape index (κ1) is 17.3. The van der Waals surface area contributed by atoms with Gasteiger partial charge in [0.2, 0.25) is 0 Å². The Morgan fingerprint density at radius 2 is 1.90 bits per heavy atom. The van der Waals surface area contributed by atoms with Crippen molar-refractivity contribution in [3.05, 3.63) is 29.8 Å². The molecule has 1 rings (SSSR count). The Bertz CT molecular complexity index is 484. The second kappa shape index (κ2) is 6.83. The van der Waals surface area contributed by atoms with Crippen molar-refractivity contribution in [2.45, 2.75) is 39.3 Å². The van der Waals surface area contributed by atoms with Gasteiger partial charge in [-0.2, -0.15) is 13.2 Å². The van der Waals surface area contributed by atoms with E-state index in [2.05, 4.69) is 0 Å². The highest BCUT2D eigenvalue weighted by Gasteiger charge is 2.30. The summed E-state index contributed by atoms with van der Waals surface area (Å²) in [5.74, 6) is 0.358. The molecule has 0 aliphatic rings. The van der Waals surface area contributed by atoms with Gasteiger partial charge >= 0.3 is 6.18 Å². The third kappa shape index (κ3) is 5.65. The molecule has 0 saturated heterocycles. The topological polar surface area (TPSA) is 59.1 Å². The SMILES string of the molecule is CC(C)(CCCCOc1cccc(C(F)(F)F)c1)C(=N)N. The molecule has 0 radical (unpaired) electrons. The number of hydrogen-bond acceptors (Lipinski definition) is 2. The van der Waals surface area contributed by atoms with E-state index in [1.165, 1.54) is 12.1 Å². The molecule has 0 heterocycles. The van der Waals surface area contributed by atoms with Crippen LogP contribution in [0.1, 0.15) is 38.7 Å². The van der Waals surface area contributed by atoms with E-state index >= 15 is 0 Å². The zero-order valence-electron chi connectivity index (χ0n) is 12.3. The first-order valence-electron chi connectivity index (χ1n) is 6.77. The lowest BCUT2D eigenvalue weighted by Gasteiger charge is -2.22. The molecule has 3 N–H and O–H groups in total. The third-order valence-electron chi connectivity index (χ3n) is 3.36. The summed E-state index contributed by atoms with van der Waals surface area (Å²) in [7, 11) is 0. The van der Waals surface area contributed by atoms with Gasteiger partial charge in [-0.25, -0.2) is 0 Å². The Balaban J connectivity index is 2.39. The van der Waals surface area contributed by atoms with E-state index in [1.54, 1.807) is 0 Å². The van der Waals surface area contributed by atoms with Crippen LogP contribution in [0.5, 0.6) is 5.75 Å². The van der Waals surface area contributed by atoms with Crippen LogP contribution in [-0.4, -0.2) is 12.4 Å². The van der Waals surface area contributed by atoms with Crippen molar-refractivity contribution in [3.8, 4) is 5.75 Å². The predicted octanol–water partition coefficient (Wildman–Crippen LogP) is 4.22. The molecular formula is C15H21F3N2O. The predicted molar refractivity (Wildman–Crippen MR) is 76.5 cm³/mol. The van der Waals surface area contributed by atoms with Crippen molar-refractivity contribution in [1.29, 1.82) is 5.41 Å².